The lowest BCUT2D eigenvalue weighted by Crippen LogP contribution is -2.03. The molecule has 3 aromatic rings. The minimum Gasteiger partial charge on any atom is -0.504 e. The number of phenolic OH excluding ortho intramolecular Hbond substituents is 1. The Balaban J connectivity index is 1.72. The summed E-state index contributed by atoms with van der Waals surface area (Å²) < 4.78 is 28.7. The van der Waals surface area contributed by atoms with Gasteiger partial charge in [0, 0.05) is 11.8 Å². The molecule has 0 saturated heterocycles. The van der Waals surface area contributed by atoms with Crippen LogP contribution in [0, 0.1) is 20.8 Å². The number of Topliss-reactive ketones (excluding diaryl/α,β-unsaturated/α-hetero) is 1. The lowest BCUT2D eigenvalue weighted by Gasteiger charge is -2.06. The second-order valence-corrected chi connectivity index (χ2v) is 7.68. The number of halogens is 2. The van der Waals surface area contributed by atoms with Crippen LogP contribution in [0.25, 0.3) is 10.6 Å². The van der Waals surface area contributed by atoms with Crippen molar-refractivity contribution in [3.05, 3.63) is 63.7 Å². The van der Waals surface area contributed by atoms with Gasteiger partial charge in [-0.1, -0.05) is 18.2 Å². The molecule has 156 valence electrons. The number of carbonyl (C=O) groups excluding carboxylic acids is 1. The molecule has 0 unspecified atom stereocenters. The minimum absolute atomic E-state index is 0.0919. The Morgan fingerprint density at radius 3 is 2.73 bits per heavy atom. The zero-order valence-corrected chi connectivity index (χ0v) is 17.5. The number of thiazole rings is 1. The summed E-state index contributed by atoms with van der Waals surface area (Å²) in [4.78, 5) is 21.8. The van der Waals surface area contributed by atoms with Gasteiger partial charge in [-0.25, -0.2) is 4.98 Å². The van der Waals surface area contributed by atoms with Gasteiger partial charge in [0.15, 0.2) is 17.3 Å². The second kappa shape index (κ2) is 9.13. The summed E-state index contributed by atoms with van der Waals surface area (Å²) in [5.74, 6) is -0.917. The Hall–Kier alpha value is -3.13. The summed E-state index contributed by atoms with van der Waals surface area (Å²) in [6, 6.07) is 9.90. The summed E-state index contributed by atoms with van der Waals surface area (Å²) >= 11 is 1.34. The van der Waals surface area contributed by atoms with E-state index in [2.05, 4.69) is 14.7 Å². The SMILES string of the molecule is Cc1cccc(-c2nc(C)c(C(=O)CN=Cc3ccc(OC(F)F)c(O)c3)s2)c1C. The Labute approximate surface area is 176 Å². The maximum absolute atomic E-state index is 12.6. The van der Waals surface area contributed by atoms with Gasteiger partial charge in [-0.05, 0) is 55.7 Å². The second-order valence-electron chi connectivity index (χ2n) is 6.68. The van der Waals surface area contributed by atoms with Gasteiger partial charge in [0.05, 0.1) is 10.6 Å². The smallest absolute Gasteiger partial charge is 0.387 e. The minimum atomic E-state index is -3.02. The van der Waals surface area contributed by atoms with Gasteiger partial charge in [-0.2, -0.15) is 8.78 Å². The van der Waals surface area contributed by atoms with E-state index in [0.717, 1.165) is 21.7 Å². The normalized spacial score (nSPS) is 11.4. The van der Waals surface area contributed by atoms with Crippen molar-refractivity contribution in [2.75, 3.05) is 6.54 Å². The number of carbonyl (C=O) groups is 1. The van der Waals surface area contributed by atoms with Crippen LogP contribution in [0.15, 0.2) is 41.4 Å². The molecule has 0 atom stereocenters. The van der Waals surface area contributed by atoms with Gasteiger partial charge >= 0.3 is 6.61 Å². The highest BCUT2D eigenvalue weighted by atomic mass is 32.1. The number of aromatic nitrogens is 1. The average molecular weight is 430 g/mol. The predicted molar refractivity (Wildman–Crippen MR) is 113 cm³/mol. The lowest BCUT2D eigenvalue weighted by atomic mass is 10.0. The van der Waals surface area contributed by atoms with Gasteiger partial charge in [-0.15, -0.1) is 11.3 Å². The van der Waals surface area contributed by atoms with Crippen molar-refractivity contribution in [2.45, 2.75) is 27.4 Å². The molecular weight excluding hydrogens is 410 g/mol. The topological polar surface area (TPSA) is 71.8 Å². The summed E-state index contributed by atoms with van der Waals surface area (Å²) in [5, 5.41) is 10.5. The molecule has 0 saturated carbocycles. The fraction of sp³-hybridized carbons (Fsp3) is 0.227. The molecule has 0 aliphatic carbocycles. The third-order valence-electron chi connectivity index (χ3n) is 4.56. The molecule has 1 aromatic heterocycles. The van der Waals surface area contributed by atoms with Crippen LogP contribution in [0.1, 0.15) is 32.1 Å². The van der Waals surface area contributed by atoms with Crippen LogP contribution in [-0.2, 0) is 0 Å². The zero-order chi connectivity index (χ0) is 21.8. The molecule has 0 spiro atoms. The number of ether oxygens (including phenoxy) is 1. The number of alkyl halides is 2. The van der Waals surface area contributed by atoms with E-state index in [1.165, 1.54) is 35.8 Å². The number of aromatic hydroxyl groups is 1. The first kappa shape index (κ1) is 21.6. The highest BCUT2D eigenvalue weighted by Crippen LogP contribution is 2.32. The van der Waals surface area contributed by atoms with Crippen LogP contribution in [-0.4, -0.2) is 35.2 Å². The van der Waals surface area contributed by atoms with Gasteiger partial charge in [0.1, 0.15) is 11.6 Å². The third kappa shape index (κ3) is 4.88. The number of rotatable bonds is 7. The number of aryl methyl sites for hydroxylation is 2. The van der Waals surface area contributed by atoms with Gasteiger partial charge in [-0.3, -0.25) is 9.79 Å². The zero-order valence-electron chi connectivity index (χ0n) is 16.6. The fourth-order valence-corrected chi connectivity index (χ4v) is 3.95. The number of hydrogen-bond donors (Lipinski definition) is 1. The van der Waals surface area contributed by atoms with E-state index in [0.29, 0.717) is 16.1 Å². The first-order valence-electron chi connectivity index (χ1n) is 9.11. The Kier molecular flexibility index (Phi) is 6.56. The van der Waals surface area contributed by atoms with E-state index in [9.17, 15) is 18.7 Å². The van der Waals surface area contributed by atoms with Crippen LogP contribution in [0.5, 0.6) is 11.5 Å². The number of nitrogens with zero attached hydrogens (tertiary/aromatic N) is 2. The molecule has 0 aliphatic rings. The van der Waals surface area contributed by atoms with E-state index in [1.807, 2.05) is 32.0 Å². The quantitative estimate of drug-likeness (QED) is 0.405. The summed E-state index contributed by atoms with van der Waals surface area (Å²) in [7, 11) is 0. The van der Waals surface area contributed by atoms with Gasteiger partial charge < -0.3 is 9.84 Å². The molecule has 2 aromatic carbocycles. The van der Waals surface area contributed by atoms with Crippen LogP contribution in [0.3, 0.4) is 0 Å². The Bertz CT molecular complexity index is 1110. The summed E-state index contributed by atoms with van der Waals surface area (Å²) in [5.41, 5.74) is 4.40. The molecule has 30 heavy (non-hydrogen) atoms. The molecule has 5 nitrogen and oxygen atoms in total. The van der Waals surface area contributed by atoms with Crippen molar-refractivity contribution in [1.82, 2.24) is 4.98 Å². The first-order chi connectivity index (χ1) is 14.3. The molecule has 1 heterocycles. The largest absolute Gasteiger partial charge is 0.504 e. The molecule has 8 heteroatoms. The van der Waals surface area contributed by atoms with Crippen LogP contribution in [0.2, 0.25) is 0 Å². The summed E-state index contributed by atoms with van der Waals surface area (Å²) in [6.07, 6.45) is 1.39. The van der Waals surface area contributed by atoms with Crippen molar-refractivity contribution >= 4 is 23.3 Å². The highest BCUT2D eigenvalue weighted by Gasteiger charge is 2.17. The fourth-order valence-electron chi connectivity index (χ4n) is 2.87. The first-order valence-corrected chi connectivity index (χ1v) is 9.92. The maximum Gasteiger partial charge on any atom is 0.387 e. The number of hydrogen-bond acceptors (Lipinski definition) is 6. The van der Waals surface area contributed by atoms with Crippen molar-refractivity contribution < 1.29 is 23.4 Å². The van der Waals surface area contributed by atoms with Crippen molar-refractivity contribution in [2.24, 2.45) is 4.99 Å². The number of benzene rings is 2. The molecule has 0 radical (unpaired) electrons. The van der Waals surface area contributed by atoms with Crippen LogP contribution >= 0.6 is 11.3 Å². The van der Waals surface area contributed by atoms with Crippen molar-refractivity contribution in [1.29, 1.82) is 0 Å². The maximum atomic E-state index is 12.6. The van der Waals surface area contributed by atoms with Crippen molar-refractivity contribution in [3.8, 4) is 22.1 Å². The van der Waals surface area contributed by atoms with E-state index in [-0.39, 0.29) is 18.1 Å². The number of aliphatic imine (C=N–C) groups is 1. The molecule has 0 fully saturated rings. The Morgan fingerprint density at radius 1 is 1.27 bits per heavy atom. The molecular formula is C22H20F2N2O3S. The average Bonchev–Trinajstić information content (AvgIpc) is 3.07. The monoisotopic (exact) mass is 430 g/mol. The molecule has 0 aliphatic heterocycles. The van der Waals surface area contributed by atoms with Crippen LogP contribution < -0.4 is 4.74 Å². The Morgan fingerprint density at radius 2 is 2.03 bits per heavy atom. The van der Waals surface area contributed by atoms with Crippen molar-refractivity contribution in [3.63, 3.8) is 0 Å². The molecule has 1 N–H and O–H groups in total. The number of ketones is 1. The number of phenols is 1. The predicted octanol–water partition coefficient (Wildman–Crippen LogP) is 5.34. The molecule has 0 amide bonds. The molecule has 3 rings (SSSR count). The van der Waals surface area contributed by atoms with E-state index < -0.39 is 12.4 Å². The lowest BCUT2D eigenvalue weighted by molar-refractivity contribution is -0.0512. The third-order valence-corrected chi connectivity index (χ3v) is 5.79. The van der Waals surface area contributed by atoms with E-state index >= 15 is 0 Å². The van der Waals surface area contributed by atoms with Gasteiger partial charge in [0.2, 0.25) is 0 Å². The highest BCUT2D eigenvalue weighted by molar-refractivity contribution is 7.17. The molecule has 0 bridgehead atoms. The summed E-state index contributed by atoms with van der Waals surface area (Å²) in [6.45, 7) is 2.74. The van der Waals surface area contributed by atoms with E-state index in [1.54, 1.807) is 6.92 Å². The van der Waals surface area contributed by atoms with E-state index in [4.69, 9.17) is 0 Å². The van der Waals surface area contributed by atoms with Gasteiger partial charge in [0.25, 0.3) is 0 Å². The van der Waals surface area contributed by atoms with Crippen LogP contribution in [0.4, 0.5) is 8.78 Å². The standard InChI is InChI=1S/C22H20F2N2O3S/c1-12-5-4-6-16(13(12)2)21-26-14(3)20(30-21)18(28)11-25-10-15-7-8-19(17(27)9-15)29-22(23)24/h4-10,22,27H,11H2,1-3H3.